The van der Waals surface area contributed by atoms with Crippen molar-refractivity contribution in [2.45, 2.75) is 37.3 Å². The van der Waals surface area contributed by atoms with E-state index in [0.29, 0.717) is 12.1 Å². The van der Waals surface area contributed by atoms with Crippen molar-refractivity contribution in [3.05, 3.63) is 30.3 Å². The predicted molar refractivity (Wildman–Crippen MR) is 78.2 cm³/mol. The third kappa shape index (κ3) is 4.01. The van der Waals surface area contributed by atoms with Gasteiger partial charge in [0.15, 0.2) is 0 Å². The molecule has 0 radical (unpaired) electrons. The lowest BCUT2D eigenvalue weighted by atomic mass is 10.1. The number of benzene rings is 1. The molecule has 1 aliphatic heterocycles. The van der Waals surface area contributed by atoms with Gasteiger partial charge in [-0.2, -0.15) is 0 Å². The van der Waals surface area contributed by atoms with Crippen molar-refractivity contribution >= 4 is 11.8 Å². The number of thioether (sulfide) groups is 1. The van der Waals surface area contributed by atoms with E-state index in [4.69, 9.17) is 4.74 Å². The molecule has 1 heterocycles. The highest BCUT2D eigenvalue weighted by Gasteiger charge is 2.24. The second-order valence-electron chi connectivity index (χ2n) is 4.86. The van der Waals surface area contributed by atoms with Gasteiger partial charge in [-0.25, -0.2) is 0 Å². The van der Waals surface area contributed by atoms with Gasteiger partial charge in [0.2, 0.25) is 0 Å². The Kier molecular flexibility index (Phi) is 5.54. The van der Waals surface area contributed by atoms with E-state index in [1.807, 2.05) is 11.8 Å². The van der Waals surface area contributed by atoms with Crippen LogP contribution in [0.4, 0.5) is 0 Å². The van der Waals surface area contributed by atoms with Crippen molar-refractivity contribution in [3.63, 3.8) is 0 Å². The van der Waals surface area contributed by atoms with Gasteiger partial charge in [-0.1, -0.05) is 25.1 Å². The molecule has 100 valence electrons. The number of morpholine rings is 1. The Morgan fingerprint density at radius 3 is 2.83 bits per heavy atom. The molecule has 0 bridgehead atoms. The minimum Gasteiger partial charge on any atom is -0.376 e. The Morgan fingerprint density at radius 1 is 1.33 bits per heavy atom. The Morgan fingerprint density at radius 2 is 2.11 bits per heavy atom. The molecule has 0 aromatic heterocycles. The predicted octanol–water partition coefficient (Wildman–Crippen LogP) is 3.28. The number of ether oxygens (including phenoxy) is 1. The molecule has 2 rings (SSSR count). The molecular weight excluding hydrogens is 242 g/mol. The van der Waals surface area contributed by atoms with Crippen molar-refractivity contribution in [2.75, 3.05) is 25.4 Å². The zero-order valence-electron chi connectivity index (χ0n) is 11.3. The average molecular weight is 265 g/mol. The molecule has 2 atom stereocenters. The van der Waals surface area contributed by atoms with Crippen molar-refractivity contribution in [2.24, 2.45) is 0 Å². The van der Waals surface area contributed by atoms with Gasteiger partial charge in [0.1, 0.15) is 0 Å². The van der Waals surface area contributed by atoms with Crippen LogP contribution in [-0.2, 0) is 4.74 Å². The quantitative estimate of drug-likeness (QED) is 0.758. The van der Waals surface area contributed by atoms with Crippen molar-refractivity contribution in [1.29, 1.82) is 0 Å². The molecule has 0 aliphatic carbocycles. The largest absolute Gasteiger partial charge is 0.376 e. The highest BCUT2D eigenvalue weighted by atomic mass is 32.2. The number of hydrogen-bond donors (Lipinski definition) is 0. The van der Waals surface area contributed by atoms with Crippen LogP contribution in [0.5, 0.6) is 0 Å². The summed E-state index contributed by atoms with van der Waals surface area (Å²) >= 11 is 1.95. The maximum absolute atomic E-state index is 5.73. The van der Waals surface area contributed by atoms with Gasteiger partial charge in [-0.3, -0.25) is 4.90 Å². The smallest absolute Gasteiger partial charge is 0.0674 e. The molecule has 3 heteroatoms. The summed E-state index contributed by atoms with van der Waals surface area (Å²) in [7, 11) is 0. The standard InChI is InChI=1S/C15H23NOS/c1-3-14-12-17-13(2)11-16(14)9-10-18-15-7-5-4-6-8-15/h4-8,13-14H,3,9-12H2,1-2H3. The van der Waals surface area contributed by atoms with E-state index in [2.05, 4.69) is 49.1 Å². The van der Waals surface area contributed by atoms with E-state index in [9.17, 15) is 0 Å². The first kappa shape index (κ1) is 13.9. The van der Waals surface area contributed by atoms with Crippen LogP contribution in [0.2, 0.25) is 0 Å². The van der Waals surface area contributed by atoms with Crippen LogP contribution in [0.3, 0.4) is 0 Å². The average Bonchev–Trinajstić information content (AvgIpc) is 2.40. The molecular formula is C15H23NOS. The lowest BCUT2D eigenvalue weighted by Gasteiger charge is -2.38. The fourth-order valence-corrected chi connectivity index (χ4v) is 3.27. The first-order chi connectivity index (χ1) is 8.79. The maximum Gasteiger partial charge on any atom is 0.0674 e. The van der Waals surface area contributed by atoms with Gasteiger partial charge >= 0.3 is 0 Å². The van der Waals surface area contributed by atoms with Crippen molar-refractivity contribution < 1.29 is 4.74 Å². The third-order valence-corrected chi connectivity index (χ3v) is 4.44. The van der Waals surface area contributed by atoms with Crippen molar-refractivity contribution in [1.82, 2.24) is 4.90 Å². The molecule has 1 aliphatic rings. The molecule has 1 aromatic carbocycles. The minimum atomic E-state index is 0.384. The summed E-state index contributed by atoms with van der Waals surface area (Å²) in [6.07, 6.45) is 1.57. The summed E-state index contributed by atoms with van der Waals surface area (Å²) in [5.74, 6) is 1.16. The van der Waals surface area contributed by atoms with Crippen LogP contribution in [0.25, 0.3) is 0 Å². The first-order valence-corrected chi connectivity index (χ1v) is 7.81. The molecule has 2 nitrogen and oxygen atoms in total. The number of nitrogens with zero attached hydrogens (tertiary/aromatic N) is 1. The van der Waals surface area contributed by atoms with E-state index in [-0.39, 0.29) is 0 Å². The van der Waals surface area contributed by atoms with Crippen LogP contribution in [0.1, 0.15) is 20.3 Å². The van der Waals surface area contributed by atoms with Crippen LogP contribution in [-0.4, -0.2) is 42.5 Å². The van der Waals surface area contributed by atoms with Gasteiger partial charge < -0.3 is 4.74 Å². The van der Waals surface area contributed by atoms with Gasteiger partial charge in [-0.05, 0) is 25.5 Å². The molecule has 0 saturated carbocycles. The van der Waals surface area contributed by atoms with E-state index < -0.39 is 0 Å². The molecule has 1 saturated heterocycles. The second kappa shape index (κ2) is 7.17. The zero-order chi connectivity index (χ0) is 12.8. The van der Waals surface area contributed by atoms with E-state index in [0.717, 1.165) is 25.4 Å². The highest BCUT2D eigenvalue weighted by Crippen LogP contribution is 2.19. The number of hydrogen-bond acceptors (Lipinski definition) is 3. The summed E-state index contributed by atoms with van der Waals surface area (Å²) in [5.41, 5.74) is 0. The Hall–Kier alpha value is -0.510. The minimum absolute atomic E-state index is 0.384. The summed E-state index contributed by atoms with van der Waals surface area (Å²) in [6.45, 7) is 7.55. The zero-order valence-corrected chi connectivity index (χ0v) is 12.2. The molecule has 18 heavy (non-hydrogen) atoms. The highest BCUT2D eigenvalue weighted by molar-refractivity contribution is 7.99. The van der Waals surface area contributed by atoms with Gasteiger partial charge in [0, 0.05) is 29.8 Å². The van der Waals surface area contributed by atoms with E-state index in [1.54, 1.807) is 0 Å². The Labute approximate surface area is 115 Å². The SMILES string of the molecule is CCC1COC(C)CN1CCSc1ccccc1. The van der Waals surface area contributed by atoms with E-state index in [1.165, 1.54) is 11.3 Å². The van der Waals surface area contributed by atoms with Crippen molar-refractivity contribution in [3.8, 4) is 0 Å². The first-order valence-electron chi connectivity index (χ1n) is 6.83. The summed E-state index contributed by atoms with van der Waals surface area (Å²) in [6, 6.07) is 11.3. The molecule has 1 fully saturated rings. The normalized spacial score (nSPS) is 25.2. The van der Waals surface area contributed by atoms with E-state index >= 15 is 0 Å². The molecule has 0 spiro atoms. The molecule has 0 N–H and O–H groups in total. The Bertz CT molecular complexity index is 344. The van der Waals surface area contributed by atoms with Gasteiger partial charge in [0.05, 0.1) is 12.7 Å². The lowest BCUT2D eigenvalue weighted by molar-refractivity contribution is -0.0532. The molecule has 1 aromatic rings. The second-order valence-corrected chi connectivity index (χ2v) is 6.03. The lowest BCUT2D eigenvalue weighted by Crippen LogP contribution is -2.49. The van der Waals surface area contributed by atoms with Crippen LogP contribution < -0.4 is 0 Å². The van der Waals surface area contributed by atoms with Crippen LogP contribution >= 0.6 is 11.8 Å². The monoisotopic (exact) mass is 265 g/mol. The topological polar surface area (TPSA) is 12.5 Å². The van der Waals surface area contributed by atoms with Gasteiger partial charge in [0.25, 0.3) is 0 Å². The van der Waals surface area contributed by atoms with Crippen LogP contribution in [0, 0.1) is 0 Å². The van der Waals surface area contributed by atoms with Crippen LogP contribution in [0.15, 0.2) is 35.2 Å². The summed E-state index contributed by atoms with van der Waals surface area (Å²) in [4.78, 5) is 3.95. The maximum atomic E-state index is 5.73. The number of rotatable bonds is 5. The third-order valence-electron chi connectivity index (χ3n) is 3.44. The van der Waals surface area contributed by atoms with Gasteiger partial charge in [-0.15, -0.1) is 11.8 Å². The summed E-state index contributed by atoms with van der Waals surface area (Å²) < 4.78 is 5.73. The molecule has 2 unspecified atom stereocenters. The molecule has 0 amide bonds. The Balaban J connectivity index is 1.77. The fourth-order valence-electron chi connectivity index (χ4n) is 2.36. The summed E-state index contributed by atoms with van der Waals surface area (Å²) in [5, 5.41) is 0. The fraction of sp³-hybridized carbons (Fsp3) is 0.600.